The van der Waals surface area contributed by atoms with Crippen LogP contribution in [0.3, 0.4) is 0 Å². The molecule has 1 aliphatic carbocycles. The molecule has 0 aromatic heterocycles. The van der Waals surface area contributed by atoms with Crippen molar-refractivity contribution < 1.29 is 9.53 Å². The van der Waals surface area contributed by atoms with Crippen LogP contribution in [0.4, 0.5) is 0 Å². The highest BCUT2D eigenvalue weighted by atomic mass is 16.5. The van der Waals surface area contributed by atoms with Crippen LogP contribution in [0.15, 0.2) is 18.2 Å². The lowest BCUT2D eigenvalue weighted by Crippen LogP contribution is -2.51. The molecular weight excluding hydrogens is 216 g/mol. The molecule has 0 saturated heterocycles. The molecule has 0 aliphatic heterocycles. The molecule has 1 aromatic rings. The van der Waals surface area contributed by atoms with Crippen molar-refractivity contribution in [1.29, 1.82) is 0 Å². The molecule has 2 rings (SSSR count). The van der Waals surface area contributed by atoms with E-state index in [0.29, 0.717) is 0 Å². The highest BCUT2D eigenvalue weighted by Crippen LogP contribution is 2.47. The quantitative estimate of drug-likeness (QED) is 0.472. The van der Waals surface area contributed by atoms with Crippen molar-refractivity contribution in [3.63, 3.8) is 0 Å². The largest absolute Gasteiger partial charge is 0.496 e. The second-order valence-electron chi connectivity index (χ2n) is 4.61. The number of amides is 1. The summed E-state index contributed by atoms with van der Waals surface area (Å²) in [5, 5.41) is 0. The van der Waals surface area contributed by atoms with Gasteiger partial charge in [0.1, 0.15) is 5.75 Å². The Bertz CT molecular complexity index is 439. The minimum atomic E-state index is -0.494. The molecule has 1 amide bonds. The summed E-state index contributed by atoms with van der Waals surface area (Å²) in [6.45, 7) is 2.01. The third-order valence-electron chi connectivity index (χ3n) is 3.64. The summed E-state index contributed by atoms with van der Waals surface area (Å²) < 4.78 is 5.36. The van der Waals surface area contributed by atoms with Crippen molar-refractivity contribution in [1.82, 2.24) is 5.43 Å². The number of carbonyl (C=O) groups is 1. The van der Waals surface area contributed by atoms with Gasteiger partial charge in [-0.3, -0.25) is 10.2 Å². The molecule has 0 unspecified atom stereocenters. The smallest absolute Gasteiger partial charge is 0.244 e. The molecule has 0 spiro atoms. The minimum Gasteiger partial charge on any atom is -0.496 e. The Labute approximate surface area is 101 Å². The third-order valence-corrected chi connectivity index (χ3v) is 3.64. The van der Waals surface area contributed by atoms with Crippen molar-refractivity contribution >= 4 is 5.91 Å². The number of rotatable bonds is 3. The number of hydrogen-bond donors (Lipinski definition) is 2. The van der Waals surface area contributed by atoms with E-state index in [-0.39, 0.29) is 5.91 Å². The Morgan fingerprint density at radius 3 is 2.65 bits per heavy atom. The molecule has 17 heavy (non-hydrogen) atoms. The van der Waals surface area contributed by atoms with Crippen LogP contribution in [-0.4, -0.2) is 13.0 Å². The molecule has 1 aromatic carbocycles. The molecule has 1 fully saturated rings. The summed E-state index contributed by atoms with van der Waals surface area (Å²) in [4.78, 5) is 12.0. The highest BCUT2D eigenvalue weighted by molar-refractivity contribution is 5.89. The van der Waals surface area contributed by atoms with Gasteiger partial charge in [0.15, 0.2) is 0 Å². The Hall–Kier alpha value is -1.55. The molecule has 0 heterocycles. The van der Waals surface area contributed by atoms with Gasteiger partial charge in [-0.05, 0) is 25.8 Å². The zero-order valence-corrected chi connectivity index (χ0v) is 10.2. The maximum Gasteiger partial charge on any atom is 0.244 e. The summed E-state index contributed by atoms with van der Waals surface area (Å²) in [5.74, 6) is 5.94. The average molecular weight is 234 g/mol. The Morgan fingerprint density at radius 1 is 1.47 bits per heavy atom. The van der Waals surface area contributed by atoms with Gasteiger partial charge in [-0.25, -0.2) is 5.84 Å². The van der Waals surface area contributed by atoms with Crippen LogP contribution >= 0.6 is 0 Å². The van der Waals surface area contributed by atoms with Gasteiger partial charge in [-0.1, -0.05) is 24.1 Å². The number of nitrogens with two attached hydrogens (primary N) is 1. The zero-order valence-electron chi connectivity index (χ0n) is 10.2. The topological polar surface area (TPSA) is 64.3 Å². The van der Waals surface area contributed by atoms with Gasteiger partial charge in [-0.15, -0.1) is 0 Å². The molecule has 1 aliphatic rings. The van der Waals surface area contributed by atoms with E-state index in [1.807, 2.05) is 25.1 Å². The Kier molecular flexibility index (Phi) is 3.07. The second kappa shape index (κ2) is 4.37. The van der Waals surface area contributed by atoms with Crippen LogP contribution in [0.2, 0.25) is 0 Å². The van der Waals surface area contributed by atoms with Crippen LogP contribution in [0, 0.1) is 6.92 Å². The van der Waals surface area contributed by atoms with Crippen molar-refractivity contribution in [2.24, 2.45) is 5.84 Å². The normalized spacial score (nSPS) is 17.1. The lowest BCUT2D eigenvalue weighted by atomic mass is 9.63. The SMILES string of the molecule is COc1ccc(C)cc1C1(C(=O)NN)CCC1. The number of benzene rings is 1. The number of hydrazine groups is 1. The number of hydrogen-bond acceptors (Lipinski definition) is 3. The number of methoxy groups -OCH3 is 1. The molecule has 3 N–H and O–H groups in total. The first-order valence-corrected chi connectivity index (χ1v) is 5.80. The van der Waals surface area contributed by atoms with Crippen molar-refractivity contribution in [2.45, 2.75) is 31.6 Å². The van der Waals surface area contributed by atoms with Crippen molar-refractivity contribution in [3.8, 4) is 5.75 Å². The fraction of sp³-hybridized carbons (Fsp3) is 0.462. The lowest BCUT2D eigenvalue weighted by molar-refractivity contribution is -0.130. The fourth-order valence-corrected chi connectivity index (χ4v) is 2.48. The lowest BCUT2D eigenvalue weighted by Gasteiger charge is -2.40. The van der Waals surface area contributed by atoms with Gasteiger partial charge in [0.25, 0.3) is 0 Å². The van der Waals surface area contributed by atoms with Crippen molar-refractivity contribution in [3.05, 3.63) is 29.3 Å². The van der Waals surface area contributed by atoms with E-state index in [1.165, 1.54) is 0 Å². The van der Waals surface area contributed by atoms with Crippen LogP contribution < -0.4 is 16.0 Å². The third kappa shape index (κ3) is 1.78. The van der Waals surface area contributed by atoms with Gasteiger partial charge < -0.3 is 4.74 Å². The van der Waals surface area contributed by atoms with E-state index in [2.05, 4.69) is 5.43 Å². The Morgan fingerprint density at radius 2 is 2.18 bits per heavy atom. The van der Waals surface area contributed by atoms with Crippen LogP contribution in [0.5, 0.6) is 5.75 Å². The van der Waals surface area contributed by atoms with Crippen LogP contribution in [0.25, 0.3) is 0 Å². The standard InChI is InChI=1S/C13H18N2O2/c1-9-4-5-11(17-2)10(8-9)13(6-3-7-13)12(16)15-14/h4-5,8H,3,6-7,14H2,1-2H3,(H,15,16). The van der Waals surface area contributed by atoms with E-state index in [0.717, 1.165) is 36.1 Å². The van der Waals surface area contributed by atoms with Crippen LogP contribution in [-0.2, 0) is 10.2 Å². The predicted molar refractivity (Wildman–Crippen MR) is 65.6 cm³/mol. The number of ether oxygens (including phenoxy) is 1. The molecule has 4 nitrogen and oxygen atoms in total. The summed E-state index contributed by atoms with van der Waals surface area (Å²) >= 11 is 0. The number of carbonyl (C=O) groups excluding carboxylic acids is 1. The molecule has 4 heteroatoms. The summed E-state index contributed by atoms with van der Waals surface area (Å²) in [7, 11) is 1.63. The van der Waals surface area contributed by atoms with Gasteiger partial charge in [0, 0.05) is 5.56 Å². The average Bonchev–Trinajstić information content (AvgIpc) is 2.27. The summed E-state index contributed by atoms with van der Waals surface area (Å²) in [5.41, 5.74) is 3.86. The number of aryl methyl sites for hydroxylation is 1. The maximum absolute atomic E-state index is 12.0. The van der Waals surface area contributed by atoms with Gasteiger partial charge >= 0.3 is 0 Å². The molecule has 1 saturated carbocycles. The highest BCUT2D eigenvalue weighted by Gasteiger charge is 2.47. The second-order valence-corrected chi connectivity index (χ2v) is 4.61. The minimum absolute atomic E-state index is 0.118. The monoisotopic (exact) mass is 234 g/mol. The first kappa shape index (κ1) is 11.9. The van der Waals surface area contributed by atoms with Gasteiger partial charge in [-0.2, -0.15) is 0 Å². The van der Waals surface area contributed by atoms with E-state index < -0.39 is 5.41 Å². The van der Waals surface area contributed by atoms with E-state index in [4.69, 9.17) is 10.6 Å². The molecule has 0 atom stereocenters. The Balaban J connectivity index is 2.50. The summed E-state index contributed by atoms with van der Waals surface area (Å²) in [6.07, 6.45) is 2.70. The maximum atomic E-state index is 12.0. The first-order valence-electron chi connectivity index (χ1n) is 5.80. The molecule has 0 radical (unpaired) electrons. The predicted octanol–water partition coefficient (Wildman–Crippen LogP) is 1.42. The summed E-state index contributed by atoms with van der Waals surface area (Å²) in [6, 6.07) is 5.91. The van der Waals surface area contributed by atoms with Crippen LogP contribution in [0.1, 0.15) is 30.4 Å². The number of nitrogens with one attached hydrogen (secondary N) is 1. The van der Waals surface area contributed by atoms with Gasteiger partial charge in [0.2, 0.25) is 5.91 Å². The zero-order chi connectivity index (χ0) is 12.5. The molecule has 0 bridgehead atoms. The van der Waals surface area contributed by atoms with E-state index in [9.17, 15) is 4.79 Å². The van der Waals surface area contributed by atoms with E-state index >= 15 is 0 Å². The van der Waals surface area contributed by atoms with E-state index in [1.54, 1.807) is 7.11 Å². The van der Waals surface area contributed by atoms with Crippen molar-refractivity contribution in [2.75, 3.05) is 7.11 Å². The first-order chi connectivity index (χ1) is 8.14. The van der Waals surface area contributed by atoms with Gasteiger partial charge in [0.05, 0.1) is 12.5 Å². The fourth-order valence-electron chi connectivity index (χ4n) is 2.48. The molecular formula is C13H18N2O2. The molecule has 92 valence electrons.